The van der Waals surface area contributed by atoms with E-state index >= 15 is 0 Å². The maximum Gasteiger partial charge on any atom is 0.0186 e. The number of hydrogen-bond acceptors (Lipinski definition) is 2. The molecule has 1 saturated carbocycles. The largest absolute Gasteiger partial charge is 0.327 e. The van der Waals surface area contributed by atoms with E-state index in [0.29, 0.717) is 6.04 Å². The molecule has 0 heterocycles. The summed E-state index contributed by atoms with van der Waals surface area (Å²) in [6, 6.07) is 8.84. The molecule has 0 radical (unpaired) electrons. The van der Waals surface area contributed by atoms with Gasteiger partial charge in [0.15, 0.2) is 0 Å². The van der Waals surface area contributed by atoms with Crippen LogP contribution in [-0.2, 0) is 0 Å². The fourth-order valence-corrected chi connectivity index (χ4v) is 4.57. The number of halogens is 1. The van der Waals surface area contributed by atoms with Crippen LogP contribution in [0.25, 0.3) is 0 Å². The third-order valence-corrected chi connectivity index (χ3v) is 5.88. The van der Waals surface area contributed by atoms with E-state index in [4.69, 9.17) is 5.73 Å². The number of benzene rings is 1. The third kappa shape index (κ3) is 4.80. The summed E-state index contributed by atoms with van der Waals surface area (Å²) in [6.07, 6.45) is 6.78. The van der Waals surface area contributed by atoms with Gasteiger partial charge < -0.3 is 5.73 Å². The summed E-state index contributed by atoms with van der Waals surface area (Å²) < 4.78 is 1.15. The Kier molecular flexibility index (Phi) is 6.24. The summed E-state index contributed by atoms with van der Waals surface area (Å²) in [5.41, 5.74) is 6.42. The van der Waals surface area contributed by atoms with Gasteiger partial charge in [-0.25, -0.2) is 0 Å². The van der Waals surface area contributed by atoms with Crippen molar-refractivity contribution in [3.8, 4) is 0 Å². The minimum absolute atomic E-state index is 0.346. The second-order valence-electron chi connectivity index (χ2n) is 5.63. The van der Waals surface area contributed by atoms with E-state index in [-0.39, 0.29) is 0 Å². The fourth-order valence-electron chi connectivity index (χ4n) is 2.98. The second kappa shape index (κ2) is 7.70. The van der Waals surface area contributed by atoms with Crippen molar-refractivity contribution in [1.82, 2.24) is 0 Å². The number of rotatable bonds is 5. The first-order valence-electron chi connectivity index (χ1n) is 7.33. The topological polar surface area (TPSA) is 26.0 Å². The molecule has 1 aromatic carbocycles. The standard InChI is InChI=1S/C16H24BrNS/c1-2-12-5-3-6-13(9-12)16(18)11-19-15-8-4-7-14(17)10-15/h4,7-8,10,12-13,16H,2-3,5-6,9,11,18H2,1H3. The zero-order valence-electron chi connectivity index (χ0n) is 11.6. The molecule has 1 aromatic rings. The van der Waals surface area contributed by atoms with E-state index in [9.17, 15) is 0 Å². The molecule has 0 bridgehead atoms. The van der Waals surface area contributed by atoms with Gasteiger partial charge in [0.1, 0.15) is 0 Å². The van der Waals surface area contributed by atoms with Crippen molar-refractivity contribution in [3.05, 3.63) is 28.7 Å². The predicted octanol–water partition coefficient (Wildman–Crippen LogP) is 5.08. The van der Waals surface area contributed by atoms with Crippen molar-refractivity contribution < 1.29 is 0 Å². The van der Waals surface area contributed by atoms with Gasteiger partial charge in [-0.05, 0) is 42.9 Å². The quantitative estimate of drug-likeness (QED) is 0.755. The first-order chi connectivity index (χ1) is 9.19. The van der Waals surface area contributed by atoms with E-state index in [2.05, 4.69) is 47.1 Å². The van der Waals surface area contributed by atoms with Crippen LogP contribution < -0.4 is 5.73 Å². The number of thioether (sulfide) groups is 1. The minimum atomic E-state index is 0.346. The highest BCUT2D eigenvalue weighted by molar-refractivity contribution is 9.10. The van der Waals surface area contributed by atoms with Gasteiger partial charge in [-0.2, -0.15) is 0 Å². The predicted molar refractivity (Wildman–Crippen MR) is 88.6 cm³/mol. The van der Waals surface area contributed by atoms with Crippen LogP contribution in [0.2, 0.25) is 0 Å². The Bertz CT molecular complexity index is 396. The third-order valence-electron chi connectivity index (χ3n) is 4.24. The molecule has 2 rings (SSSR count). The highest BCUT2D eigenvalue weighted by Gasteiger charge is 2.25. The van der Waals surface area contributed by atoms with Gasteiger partial charge in [0.25, 0.3) is 0 Å². The van der Waals surface area contributed by atoms with E-state index < -0.39 is 0 Å². The summed E-state index contributed by atoms with van der Waals surface area (Å²) in [4.78, 5) is 1.31. The molecule has 0 aliphatic heterocycles. The molecule has 3 heteroatoms. The van der Waals surface area contributed by atoms with E-state index in [1.54, 1.807) is 0 Å². The summed E-state index contributed by atoms with van der Waals surface area (Å²) in [5.74, 6) is 2.69. The summed E-state index contributed by atoms with van der Waals surface area (Å²) in [7, 11) is 0. The van der Waals surface area contributed by atoms with Gasteiger partial charge in [-0.3, -0.25) is 0 Å². The van der Waals surface area contributed by atoms with Crippen molar-refractivity contribution >= 4 is 27.7 Å². The molecular weight excluding hydrogens is 318 g/mol. The molecular formula is C16H24BrNS. The molecule has 1 aliphatic rings. The Morgan fingerprint density at radius 1 is 1.42 bits per heavy atom. The Balaban J connectivity index is 1.82. The molecule has 0 spiro atoms. The minimum Gasteiger partial charge on any atom is -0.327 e. The molecule has 106 valence electrons. The van der Waals surface area contributed by atoms with Crippen LogP contribution in [0, 0.1) is 11.8 Å². The molecule has 0 amide bonds. The average molecular weight is 342 g/mol. The van der Waals surface area contributed by atoms with Gasteiger partial charge in [-0.15, -0.1) is 11.8 Å². The van der Waals surface area contributed by atoms with Crippen LogP contribution in [0.15, 0.2) is 33.6 Å². The van der Waals surface area contributed by atoms with Gasteiger partial charge in [0.05, 0.1) is 0 Å². The van der Waals surface area contributed by atoms with Crippen molar-refractivity contribution in [2.75, 3.05) is 5.75 Å². The molecule has 19 heavy (non-hydrogen) atoms. The van der Waals surface area contributed by atoms with Crippen LogP contribution in [0.4, 0.5) is 0 Å². The monoisotopic (exact) mass is 341 g/mol. The zero-order valence-corrected chi connectivity index (χ0v) is 14.1. The molecule has 1 aliphatic carbocycles. The first-order valence-corrected chi connectivity index (χ1v) is 9.11. The van der Waals surface area contributed by atoms with Crippen molar-refractivity contribution in [1.29, 1.82) is 0 Å². The van der Waals surface area contributed by atoms with Crippen molar-refractivity contribution in [2.24, 2.45) is 17.6 Å². The zero-order chi connectivity index (χ0) is 13.7. The first kappa shape index (κ1) is 15.4. The smallest absolute Gasteiger partial charge is 0.0186 e. The number of hydrogen-bond donors (Lipinski definition) is 1. The highest BCUT2D eigenvalue weighted by Crippen LogP contribution is 2.34. The molecule has 3 unspecified atom stereocenters. The van der Waals surface area contributed by atoms with Crippen LogP contribution >= 0.6 is 27.7 Å². The second-order valence-corrected chi connectivity index (χ2v) is 7.64. The highest BCUT2D eigenvalue weighted by atomic mass is 79.9. The molecule has 2 N–H and O–H groups in total. The van der Waals surface area contributed by atoms with Gasteiger partial charge in [0, 0.05) is 21.2 Å². The summed E-state index contributed by atoms with van der Waals surface area (Å²) in [6.45, 7) is 2.31. The van der Waals surface area contributed by atoms with Gasteiger partial charge in [-0.1, -0.05) is 48.2 Å². The number of nitrogens with two attached hydrogens (primary N) is 1. The lowest BCUT2D eigenvalue weighted by molar-refractivity contribution is 0.238. The van der Waals surface area contributed by atoms with Crippen LogP contribution in [-0.4, -0.2) is 11.8 Å². The lowest BCUT2D eigenvalue weighted by atomic mass is 9.77. The lowest BCUT2D eigenvalue weighted by Crippen LogP contribution is -2.35. The molecule has 3 atom stereocenters. The SMILES string of the molecule is CCC1CCCC(C(N)CSc2cccc(Br)c2)C1. The van der Waals surface area contributed by atoms with Crippen LogP contribution in [0.5, 0.6) is 0 Å². The maximum absolute atomic E-state index is 6.42. The summed E-state index contributed by atoms with van der Waals surface area (Å²) >= 11 is 5.41. The van der Waals surface area contributed by atoms with Gasteiger partial charge >= 0.3 is 0 Å². The van der Waals surface area contributed by atoms with Crippen molar-refractivity contribution in [3.63, 3.8) is 0 Å². The lowest BCUT2D eigenvalue weighted by Gasteiger charge is -2.32. The van der Waals surface area contributed by atoms with E-state index in [1.165, 1.54) is 37.0 Å². The summed E-state index contributed by atoms with van der Waals surface area (Å²) in [5, 5.41) is 0. The molecule has 0 aromatic heterocycles. The molecule has 0 saturated heterocycles. The molecule has 1 fully saturated rings. The van der Waals surface area contributed by atoms with E-state index in [1.807, 2.05) is 11.8 Å². The Labute approximate surface area is 129 Å². The Morgan fingerprint density at radius 2 is 2.26 bits per heavy atom. The average Bonchev–Trinajstić information content (AvgIpc) is 2.45. The normalized spacial score (nSPS) is 25.2. The Morgan fingerprint density at radius 3 is 3.00 bits per heavy atom. The van der Waals surface area contributed by atoms with Gasteiger partial charge in [0.2, 0.25) is 0 Å². The fraction of sp³-hybridized carbons (Fsp3) is 0.625. The Hall–Kier alpha value is 0.01000. The molecule has 1 nitrogen and oxygen atoms in total. The van der Waals surface area contributed by atoms with Crippen LogP contribution in [0.1, 0.15) is 39.0 Å². The van der Waals surface area contributed by atoms with E-state index in [0.717, 1.165) is 22.1 Å². The van der Waals surface area contributed by atoms with Crippen LogP contribution in [0.3, 0.4) is 0 Å². The van der Waals surface area contributed by atoms with Crippen molar-refractivity contribution in [2.45, 2.75) is 50.0 Å². The maximum atomic E-state index is 6.42.